The van der Waals surface area contributed by atoms with Crippen LogP contribution in [0.3, 0.4) is 0 Å². The minimum absolute atomic E-state index is 0.0139. The summed E-state index contributed by atoms with van der Waals surface area (Å²) in [5.74, 6) is -2.75. The van der Waals surface area contributed by atoms with E-state index in [-0.39, 0.29) is 6.54 Å². The highest BCUT2D eigenvalue weighted by molar-refractivity contribution is 6.50. The van der Waals surface area contributed by atoms with Gasteiger partial charge in [0.1, 0.15) is 0 Å². The first-order valence-corrected chi connectivity index (χ1v) is 10.4. The number of Topliss-reactive ketones (excluding diaryl/α,β-unsaturated/α-hetero) is 1. The Morgan fingerprint density at radius 2 is 1.53 bits per heavy atom. The van der Waals surface area contributed by atoms with Crippen molar-refractivity contribution in [1.29, 1.82) is 0 Å². The number of hydrogen-bond donors (Lipinski definition) is 2. The van der Waals surface area contributed by atoms with Crippen molar-refractivity contribution in [3.8, 4) is 0 Å². The average molecular weight is 457 g/mol. The Morgan fingerprint density at radius 1 is 1.00 bits per heavy atom. The number of nitrogens with one attached hydrogen (secondary N) is 1. The minimum Gasteiger partial charge on any atom is -0.323 e. The van der Waals surface area contributed by atoms with Gasteiger partial charge in [0, 0.05) is 17.6 Å². The molecule has 9 heteroatoms. The van der Waals surface area contributed by atoms with E-state index in [1.165, 1.54) is 0 Å². The number of ketones is 1. The van der Waals surface area contributed by atoms with Crippen LogP contribution in [-0.4, -0.2) is 44.6 Å². The zero-order chi connectivity index (χ0) is 23.7. The van der Waals surface area contributed by atoms with E-state index in [0.29, 0.717) is 10.6 Å². The number of nitrogens with two attached hydrogens (primary N) is 1. The fraction of sp³-hybridized carbons (Fsp3) is 0.304. The molecule has 0 radical (unpaired) electrons. The number of amides is 4. The molecule has 0 aromatic heterocycles. The number of nitrogens with zero attached hydrogens (tertiary/aromatic N) is 2. The Hall–Kier alpha value is -3.23. The van der Waals surface area contributed by atoms with E-state index in [1.54, 1.807) is 75.4 Å². The second-order valence-electron chi connectivity index (χ2n) is 8.54. The van der Waals surface area contributed by atoms with Gasteiger partial charge in [-0.05, 0) is 17.7 Å². The number of benzene rings is 2. The van der Waals surface area contributed by atoms with Gasteiger partial charge in [-0.15, -0.1) is 0 Å². The van der Waals surface area contributed by atoms with Crippen LogP contribution in [0.2, 0.25) is 0 Å². The van der Waals surface area contributed by atoms with Gasteiger partial charge in [-0.1, -0.05) is 80.9 Å². The molecule has 1 saturated heterocycles. The number of urea groups is 1. The molecule has 0 spiro atoms. The number of hydrogen-bond acceptors (Lipinski definition) is 5. The van der Waals surface area contributed by atoms with Crippen molar-refractivity contribution in [1.82, 2.24) is 9.80 Å². The third-order valence-electron chi connectivity index (χ3n) is 5.06. The molecule has 2 unspecified atom stereocenters. The normalized spacial score (nSPS) is 18.5. The van der Waals surface area contributed by atoms with Crippen LogP contribution in [0.15, 0.2) is 60.7 Å². The van der Waals surface area contributed by atoms with Gasteiger partial charge in [0.15, 0.2) is 11.9 Å². The summed E-state index contributed by atoms with van der Waals surface area (Å²) in [7, 11) is 0. The Bertz CT molecular complexity index is 1040. The highest BCUT2D eigenvalue weighted by Gasteiger charge is 2.62. The van der Waals surface area contributed by atoms with Gasteiger partial charge in [0.2, 0.25) is 0 Å². The van der Waals surface area contributed by atoms with E-state index >= 15 is 0 Å². The second kappa shape index (κ2) is 8.72. The number of rotatable bonds is 6. The second-order valence-corrected chi connectivity index (χ2v) is 9.08. The predicted octanol–water partition coefficient (Wildman–Crippen LogP) is 2.92. The van der Waals surface area contributed by atoms with Gasteiger partial charge in [0.25, 0.3) is 16.8 Å². The Morgan fingerprint density at radius 3 is 2.06 bits per heavy atom. The van der Waals surface area contributed by atoms with Crippen molar-refractivity contribution in [3.05, 3.63) is 66.2 Å². The summed E-state index contributed by atoms with van der Waals surface area (Å²) in [6.45, 7) is 4.67. The number of carbonyl (C=O) groups is 4. The SMILES string of the molecule is CC(C)(C)C(=O)C(Cl)(C(=O)Nc1ccccc1)N1C(=O)C(N)N(Cc2ccccc2)C1=O. The maximum atomic E-state index is 13.4. The van der Waals surface area contributed by atoms with Crippen LogP contribution >= 0.6 is 11.6 Å². The molecule has 2 atom stereocenters. The molecule has 3 N–H and O–H groups in total. The van der Waals surface area contributed by atoms with Gasteiger partial charge in [0.05, 0.1) is 0 Å². The predicted molar refractivity (Wildman–Crippen MR) is 120 cm³/mol. The third kappa shape index (κ3) is 4.24. The lowest BCUT2D eigenvalue weighted by Gasteiger charge is -2.36. The molecule has 3 rings (SSSR count). The Labute approximate surface area is 191 Å². The van der Waals surface area contributed by atoms with Gasteiger partial charge >= 0.3 is 6.03 Å². The Kier molecular flexibility index (Phi) is 6.39. The molecule has 1 aliphatic rings. The van der Waals surface area contributed by atoms with E-state index in [0.717, 1.165) is 10.5 Å². The summed E-state index contributed by atoms with van der Waals surface area (Å²) < 4.78 is 0. The molecule has 1 heterocycles. The molecular formula is C23H25ClN4O4. The lowest BCUT2D eigenvalue weighted by molar-refractivity contribution is -0.146. The zero-order valence-corrected chi connectivity index (χ0v) is 18.8. The number of para-hydroxylation sites is 1. The smallest absolute Gasteiger partial charge is 0.323 e. The molecule has 1 aliphatic heterocycles. The summed E-state index contributed by atoms with van der Waals surface area (Å²) in [6.07, 6.45) is -1.39. The van der Waals surface area contributed by atoms with Crippen LogP contribution in [0, 0.1) is 5.41 Å². The lowest BCUT2D eigenvalue weighted by atomic mass is 9.85. The molecular weight excluding hydrogens is 432 g/mol. The molecule has 0 aliphatic carbocycles. The molecule has 0 bridgehead atoms. The summed E-state index contributed by atoms with van der Waals surface area (Å²) in [5.41, 5.74) is 5.96. The van der Waals surface area contributed by atoms with E-state index in [1.807, 2.05) is 6.07 Å². The van der Waals surface area contributed by atoms with Crippen molar-refractivity contribution in [2.45, 2.75) is 38.5 Å². The van der Waals surface area contributed by atoms with E-state index in [4.69, 9.17) is 17.3 Å². The van der Waals surface area contributed by atoms with Crippen molar-refractivity contribution in [3.63, 3.8) is 0 Å². The summed E-state index contributed by atoms with van der Waals surface area (Å²) in [5, 5.41) is 2.54. The number of alkyl halides is 1. The van der Waals surface area contributed by atoms with Crippen LogP contribution in [0.25, 0.3) is 0 Å². The molecule has 32 heavy (non-hydrogen) atoms. The minimum atomic E-state index is -2.62. The number of imide groups is 1. The fourth-order valence-corrected chi connectivity index (χ4v) is 3.86. The largest absolute Gasteiger partial charge is 0.331 e. The third-order valence-corrected chi connectivity index (χ3v) is 5.58. The van der Waals surface area contributed by atoms with Crippen molar-refractivity contribution < 1.29 is 19.2 Å². The molecule has 168 valence electrons. The van der Waals surface area contributed by atoms with Crippen LogP contribution in [0.1, 0.15) is 26.3 Å². The molecule has 1 fully saturated rings. The first-order chi connectivity index (χ1) is 15.0. The van der Waals surface area contributed by atoms with Crippen LogP contribution < -0.4 is 11.1 Å². The molecule has 2 aromatic rings. The number of halogens is 1. The van der Waals surface area contributed by atoms with Crippen LogP contribution in [0.5, 0.6) is 0 Å². The monoisotopic (exact) mass is 456 g/mol. The molecule has 0 saturated carbocycles. The van der Waals surface area contributed by atoms with Gasteiger partial charge in [-0.25, -0.2) is 9.69 Å². The highest BCUT2D eigenvalue weighted by atomic mass is 35.5. The van der Waals surface area contributed by atoms with Crippen LogP contribution in [-0.2, 0) is 20.9 Å². The van der Waals surface area contributed by atoms with E-state index < -0.39 is 40.2 Å². The standard InChI is InChI=1S/C23H25ClN4O4/c1-22(2,3)19(30)23(24,20(31)26-16-12-8-5-9-13-16)28-18(29)17(25)27(21(28)32)14-15-10-6-4-7-11-15/h4-13,17H,14,25H2,1-3H3,(H,26,31). The highest BCUT2D eigenvalue weighted by Crippen LogP contribution is 2.37. The maximum absolute atomic E-state index is 13.4. The van der Waals surface area contributed by atoms with E-state index in [2.05, 4.69) is 5.32 Å². The Balaban J connectivity index is 2.02. The number of carbonyl (C=O) groups excluding carboxylic acids is 4. The average Bonchev–Trinajstić information content (AvgIpc) is 2.97. The topological polar surface area (TPSA) is 113 Å². The quantitative estimate of drug-likeness (QED) is 0.300. The summed E-state index contributed by atoms with van der Waals surface area (Å²) in [4.78, 5) is 52.0. The fourth-order valence-electron chi connectivity index (χ4n) is 3.38. The van der Waals surface area contributed by atoms with Crippen molar-refractivity contribution in [2.75, 3.05) is 5.32 Å². The van der Waals surface area contributed by atoms with Crippen molar-refractivity contribution in [2.24, 2.45) is 11.1 Å². The van der Waals surface area contributed by atoms with Gasteiger partial charge < -0.3 is 11.1 Å². The first kappa shape index (κ1) is 23.4. The zero-order valence-electron chi connectivity index (χ0n) is 18.0. The summed E-state index contributed by atoms with van der Waals surface area (Å²) >= 11 is 6.64. The van der Waals surface area contributed by atoms with Crippen LogP contribution in [0.4, 0.5) is 10.5 Å². The lowest BCUT2D eigenvalue weighted by Crippen LogP contribution is -2.63. The number of anilines is 1. The first-order valence-electron chi connectivity index (χ1n) is 10.0. The molecule has 8 nitrogen and oxygen atoms in total. The van der Waals surface area contributed by atoms with Crippen molar-refractivity contribution >= 4 is 40.9 Å². The summed E-state index contributed by atoms with van der Waals surface area (Å²) in [6, 6.07) is 16.3. The van der Waals surface area contributed by atoms with Gasteiger partial charge in [-0.3, -0.25) is 19.3 Å². The van der Waals surface area contributed by atoms with Gasteiger partial charge in [-0.2, -0.15) is 0 Å². The molecule has 2 aromatic carbocycles. The maximum Gasteiger partial charge on any atom is 0.331 e. The van der Waals surface area contributed by atoms with E-state index in [9.17, 15) is 19.2 Å². The molecule has 4 amide bonds.